The van der Waals surface area contributed by atoms with E-state index >= 15 is 0 Å². The lowest BCUT2D eigenvalue weighted by Crippen LogP contribution is -2.50. The number of carbonyl (C=O) groups is 1. The summed E-state index contributed by atoms with van der Waals surface area (Å²) >= 11 is 0. The molecule has 39 heavy (non-hydrogen) atoms. The Morgan fingerprint density at radius 2 is 1.67 bits per heavy atom. The quantitative estimate of drug-likeness (QED) is 0.375. The van der Waals surface area contributed by atoms with Crippen LogP contribution in [-0.4, -0.2) is 66.5 Å². The number of rotatable bonds is 5. The number of hydrogen-bond acceptors (Lipinski definition) is 6. The molecule has 5 heterocycles. The van der Waals surface area contributed by atoms with E-state index in [9.17, 15) is 18.7 Å². The lowest BCUT2D eigenvalue weighted by Gasteiger charge is -2.36. The van der Waals surface area contributed by atoms with Crippen LogP contribution in [0, 0.1) is 11.6 Å². The summed E-state index contributed by atoms with van der Waals surface area (Å²) in [5, 5.41) is 19.1. The zero-order chi connectivity index (χ0) is 27.1. The van der Waals surface area contributed by atoms with Gasteiger partial charge in [-0.15, -0.1) is 0 Å². The van der Waals surface area contributed by atoms with Gasteiger partial charge in [0, 0.05) is 86.3 Å². The van der Waals surface area contributed by atoms with Crippen molar-refractivity contribution in [3.8, 4) is 22.3 Å². The first kappa shape index (κ1) is 24.7. The molecule has 4 aromatic heterocycles. The van der Waals surface area contributed by atoms with Gasteiger partial charge < -0.3 is 14.9 Å². The Hall–Kier alpha value is -4.64. The van der Waals surface area contributed by atoms with Gasteiger partial charge in [-0.2, -0.15) is 10.2 Å². The molecule has 1 saturated heterocycles. The molecule has 0 radical (unpaired) electrons. The van der Waals surface area contributed by atoms with Crippen LogP contribution >= 0.6 is 0 Å². The van der Waals surface area contributed by atoms with Crippen LogP contribution in [0.5, 0.6) is 0 Å². The summed E-state index contributed by atoms with van der Waals surface area (Å²) in [5.41, 5.74) is 4.77. The standard InChI is InChI=1S/C28H25F2N7O2/c1-34-16-21(15-33-34)20-12-24(25-4-5-32-37(25)17-20)18-2-3-26(31-14-18)35-6-8-36(9-7-35)28(39)27(38)19-10-22(29)13-23(30)11-19/h2-5,10-17,27,38H,6-9H2,1H3. The van der Waals surface area contributed by atoms with Gasteiger partial charge in [-0.3, -0.25) is 9.48 Å². The molecule has 198 valence electrons. The number of nitrogens with zero attached hydrogens (tertiary/aromatic N) is 7. The molecule has 6 rings (SSSR count). The van der Waals surface area contributed by atoms with Crippen LogP contribution < -0.4 is 4.90 Å². The fraction of sp³-hybridized carbons (Fsp3) is 0.214. The highest BCUT2D eigenvalue weighted by atomic mass is 19.1. The van der Waals surface area contributed by atoms with Crippen LogP contribution in [0.3, 0.4) is 0 Å². The Labute approximate surface area is 222 Å². The Morgan fingerprint density at radius 1 is 0.897 bits per heavy atom. The van der Waals surface area contributed by atoms with Gasteiger partial charge in [0.1, 0.15) is 17.5 Å². The summed E-state index contributed by atoms with van der Waals surface area (Å²) in [6.07, 6.45) is 7.70. The number of benzene rings is 1. The highest BCUT2D eigenvalue weighted by molar-refractivity contribution is 5.84. The normalized spacial score (nSPS) is 14.7. The number of hydrogen-bond donors (Lipinski definition) is 1. The lowest BCUT2D eigenvalue weighted by molar-refractivity contribution is -0.140. The number of aryl methyl sites for hydroxylation is 1. The molecule has 1 amide bonds. The first-order valence-electron chi connectivity index (χ1n) is 12.5. The minimum Gasteiger partial charge on any atom is -0.378 e. The van der Waals surface area contributed by atoms with Crippen molar-refractivity contribution in [2.24, 2.45) is 7.05 Å². The van der Waals surface area contributed by atoms with Crippen LogP contribution in [0.25, 0.3) is 27.8 Å². The summed E-state index contributed by atoms with van der Waals surface area (Å²) in [6.45, 7) is 1.71. The molecular formula is C28H25F2N7O2. The highest BCUT2D eigenvalue weighted by Gasteiger charge is 2.28. The largest absolute Gasteiger partial charge is 0.378 e. The van der Waals surface area contributed by atoms with E-state index in [2.05, 4.69) is 21.2 Å². The zero-order valence-corrected chi connectivity index (χ0v) is 21.1. The Morgan fingerprint density at radius 3 is 2.33 bits per heavy atom. The molecule has 0 bridgehead atoms. The third-order valence-corrected chi connectivity index (χ3v) is 6.95. The molecule has 1 aliphatic heterocycles. The van der Waals surface area contributed by atoms with Gasteiger partial charge in [0.05, 0.1) is 11.7 Å². The van der Waals surface area contributed by atoms with Crippen molar-refractivity contribution in [1.29, 1.82) is 0 Å². The molecule has 1 N–H and O–H groups in total. The summed E-state index contributed by atoms with van der Waals surface area (Å²) in [5.74, 6) is -1.49. The number of halogens is 2. The molecular weight excluding hydrogens is 504 g/mol. The number of pyridine rings is 2. The number of piperazine rings is 1. The van der Waals surface area contributed by atoms with Gasteiger partial charge in [-0.1, -0.05) is 0 Å². The van der Waals surface area contributed by atoms with Crippen LogP contribution in [0.1, 0.15) is 11.7 Å². The van der Waals surface area contributed by atoms with Gasteiger partial charge in [-0.25, -0.2) is 18.3 Å². The first-order chi connectivity index (χ1) is 18.9. The molecule has 0 spiro atoms. The second-order valence-corrected chi connectivity index (χ2v) is 9.53. The monoisotopic (exact) mass is 529 g/mol. The molecule has 5 aromatic rings. The molecule has 1 aromatic carbocycles. The second kappa shape index (κ2) is 9.91. The third kappa shape index (κ3) is 4.84. The van der Waals surface area contributed by atoms with Crippen molar-refractivity contribution in [2.45, 2.75) is 6.10 Å². The van der Waals surface area contributed by atoms with E-state index in [0.717, 1.165) is 45.7 Å². The topological polar surface area (TPSA) is 91.8 Å². The van der Waals surface area contributed by atoms with Crippen molar-refractivity contribution in [3.63, 3.8) is 0 Å². The number of carbonyl (C=O) groups excluding carboxylic acids is 1. The molecule has 1 fully saturated rings. The average molecular weight is 530 g/mol. The third-order valence-electron chi connectivity index (χ3n) is 6.95. The van der Waals surface area contributed by atoms with Crippen LogP contribution in [-0.2, 0) is 11.8 Å². The predicted octanol–water partition coefficient (Wildman–Crippen LogP) is 3.46. The van der Waals surface area contributed by atoms with Crippen LogP contribution in [0.2, 0.25) is 0 Å². The number of anilines is 1. The van der Waals surface area contributed by atoms with E-state index in [1.807, 2.05) is 54.5 Å². The lowest BCUT2D eigenvalue weighted by atomic mass is 10.0. The summed E-state index contributed by atoms with van der Waals surface area (Å²) in [6, 6.07) is 10.7. The summed E-state index contributed by atoms with van der Waals surface area (Å²) in [4.78, 5) is 21.0. The van der Waals surface area contributed by atoms with E-state index in [1.54, 1.807) is 10.9 Å². The van der Waals surface area contributed by atoms with Crippen molar-refractivity contribution in [1.82, 2.24) is 29.3 Å². The fourth-order valence-electron chi connectivity index (χ4n) is 4.93. The molecule has 1 unspecified atom stereocenters. The predicted molar refractivity (Wildman–Crippen MR) is 141 cm³/mol. The van der Waals surface area contributed by atoms with E-state index in [4.69, 9.17) is 4.98 Å². The maximum absolute atomic E-state index is 13.5. The molecule has 0 aliphatic carbocycles. The van der Waals surface area contributed by atoms with Crippen molar-refractivity contribution in [3.05, 3.63) is 90.6 Å². The number of aromatic nitrogens is 5. The second-order valence-electron chi connectivity index (χ2n) is 9.53. The highest BCUT2D eigenvalue weighted by Crippen LogP contribution is 2.31. The van der Waals surface area contributed by atoms with Gasteiger partial charge in [0.2, 0.25) is 0 Å². The maximum atomic E-state index is 13.5. The van der Waals surface area contributed by atoms with E-state index < -0.39 is 23.6 Å². The summed E-state index contributed by atoms with van der Waals surface area (Å²) < 4.78 is 30.7. The van der Waals surface area contributed by atoms with Gasteiger partial charge in [0.15, 0.2) is 6.10 Å². The first-order valence-corrected chi connectivity index (χ1v) is 12.5. The van der Waals surface area contributed by atoms with E-state index in [0.29, 0.717) is 32.2 Å². The molecule has 11 heteroatoms. The van der Waals surface area contributed by atoms with Crippen molar-refractivity contribution < 1.29 is 18.7 Å². The van der Waals surface area contributed by atoms with Crippen LogP contribution in [0.15, 0.2) is 73.4 Å². The number of aliphatic hydroxyl groups is 1. The van der Waals surface area contributed by atoms with Gasteiger partial charge in [-0.05, 0) is 42.0 Å². The Bertz CT molecular complexity index is 1640. The summed E-state index contributed by atoms with van der Waals surface area (Å²) in [7, 11) is 1.88. The van der Waals surface area contributed by atoms with Crippen molar-refractivity contribution >= 4 is 17.2 Å². The van der Waals surface area contributed by atoms with E-state index in [-0.39, 0.29) is 5.56 Å². The molecule has 0 saturated carbocycles. The minimum atomic E-state index is -1.62. The Kier molecular flexibility index (Phi) is 6.27. The fourth-order valence-corrected chi connectivity index (χ4v) is 4.93. The number of fused-ring (bicyclic) bond motifs is 1. The van der Waals surface area contributed by atoms with Crippen molar-refractivity contribution in [2.75, 3.05) is 31.1 Å². The molecule has 1 aliphatic rings. The van der Waals surface area contributed by atoms with E-state index in [1.165, 1.54) is 4.90 Å². The minimum absolute atomic E-state index is 0.0999. The van der Waals surface area contributed by atoms with Gasteiger partial charge >= 0.3 is 0 Å². The SMILES string of the molecule is Cn1cc(-c2cc(-c3ccc(N4CCN(C(=O)C(O)c5cc(F)cc(F)c5)CC4)nc3)c3ccnn3c2)cn1. The zero-order valence-electron chi connectivity index (χ0n) is 21.1. The maximum Gasteiger partial charge on any atom is 0.256 e. The number of aliphatic hydroxyl groups excluding tert-OH is 1. The Balaban J connectivity index is 1.16. The van der Waals surface area contributed by atoms with Gasteiger partial charge in [0.25, 0.3) is 5.91 Å². The number of amides is 1. The molecule has 1 atom stereocenters. The smallest absolute Gasteiger partial charge is 0.256 e. The van der Waals surface area contributed by atoms with Crippen LogP contribution in [0.4, 0.5) is 14.6 Å². The molecule has 9 nitrogen and oxygen atoms in total. The average Bonchev–Trinajstić information content (AvgIpc) is 3.60.